The van der Waals surface area contributed by atoms with Crippen LogP contribution in [0.5, 0.6) is 0 Å². The molecule has 0 atom stereocenters. The fraction of sp³-hybridized carbons (Fsp3) is 0.154. The van der Waals surface area contributed by atoms with Crippen LogP contribution in [-0.4, -0.2) is 23.0 Å². The molecule has 0 N–H and O–H groups in total. The van der Waals surface area contributed by atoms with E-state index in [1.54, 1.807) is 18.3 Å². The molecule has 2 rings (SSSR count). The van der Waals surface area contributed by atoms with E-state index < -0.39 is 0 Å². The molecular formula is C13H12N2O2. The lowest BCUT2D eigenvalue weighted by molar-refractivity contribution is 0.0600. The Kier molecular flexibility index (Phi) is 3.14. The summed E-state index contributed by atoms with van der Waals surface area (Å²) >= 11 is 0. The molecule has 17 heavy (non-hydrogen) atoms. The average molecular weight is 228 g/mol. The number of nitrogens with zero attached hydrogens (tertiary/aromatic N) is 2. The zero-order valence-electron chi connectivity index (χ0n) is 9.68. The number of esters is 1. The predicted octanol–water partition coefficient (Wildman–Crippen LogP) is 2.24. The number of ether oxygens (including phenoxy) is 1. The Balaban J connectivity index is 2.32. The van der Waals surface area contributed by atoms with Gasteiger partial charge in [-0.3, -0.25) is 9.97 Å². The molecule has 0 aliphatic carbocycles. The van der Waals surface area contributed by atoms with E-state index in [9.17, 15) is 4.79 Å². The molecule has 4 heteroatoms. The van der Waals surface area contributed by atoms with Gasteiger partial charge < -0.3 is 4.74 Å². The highest BCUT2D eigenvalue weighted by molar-refractivity contribution is 5.89. The molecule has 0 unspecified atom stereocenters. The summed E-state index contributed by atoms with van der Waals surface area (Å²) in [7, 11) is 1.35. The van der Waals surface area contributed by atoms with Crippen molar-refractivity contribution in [3.63, 3.8) is 0 Å². The van der Waals surface area contributed by atoms with Gasteiger partial charge in [0.05, 0.1) is 24.1 Å². The van der Waals surface area contributed by atoms with Gasteiger partial charge in [0.15, 0.2) is 0 Å². The maximum atomic E-state index is 11.2. The number of carbonyl (C=O) groups excluding carboxylic acids is 1. The third kappa shape index (κ3) is 2.47. The van der Waals surface area contributed by atoms with Gasteiger partial charge in [-0.05, 0) is 36.8 Å². The standard InChI is InChI=1S/C13H12N2O2/c1-9-5-6-14-12(7-9)11-4-3-10(8-15-11)13(16)17-2/h3-8H,1-2H3. The van der Waals surface area contributed by atoms with Crippen molar-refractivity contribution in [1.29, 1.82) is 0 Å². The molecule has 0 aliphatic rings. The molecule has 0 radical (unpaired) electrons. The van der Waals surface area contributed by atoms with Crippen molar-refractivity contribution in [3.05, 3.63) is 47.8 Å². The first kappa shape index (κ1) is 11.3. The van der Waals surface area contributed by atoms with Crippen LogP contribution in [-0.2, 0) is 4.74 Å². The smallest absolute Gasteiger partial charge is 0.339 e. The van der Waals surface area contributed by atoms with Crippen molar-refractivity contribution in [2.75, 3.05) is 7.11 Å². The molecular weight excluding hydrogens is 216 g/mol. The molecule has 0 aliphatic heterocycles. The normalized spacial score (nSPS) is 10.0. The second kappa shape index (κ2) is 4.74. The SMILES string of the molecule is COC(=O)c1ccc(-c2cc(C)ccn2)nc1. The summed E-state index contributed by atoms with van der Waals surface area (Å²) < 4.78 is 4.61. The molecule has 0 spiro atoms. The zero-order chi connectivity index (χ0) is 12.3. The number of hydrogen-bond donors (Lipinski definition) is 0. The van der Waals surface area contributed by atoms with Crippen LogP contribution in [0, 0.1) is 6.92 Å². The Morgan fingerprint density at radius 3 is 2.59 bits per heavy atom. The Hall–Kier alpha value is -2.23. The molecule has 0 amide bonds. The van der Waals surface area contributed by atoms with Crippen molar-refractivity contribution in [3.8, 4) is 11.4 Å². The Morgan fingerprint density at radius 2 is 2.00 bits per heavy atom. The van der Waals surface area contributed by atoms with Crippen LogP contribution in [0.15, 0.2) is 36.7 Å². The number of rotatable bonds is 2. The Bertz CT molecular complexity index is 535. The summed E-state index contributed by atoms with van der Waals surface area (Å²) in [5.74, 6) is -0.388. The maximum Gasteiger partial charge on any atom is 0.339 e. The van der Waals surface area contributed by atoms with Crippen LogP contribution in [0.3, 0.4) is 0 Å². The minimum atomic E-state index is -0.388. The van der Waals surface area contributed by atoms with Crippen LogP contribution in [0.25, 0.3) is 11.4 Å². The van der Waals surface area contributed by atoms with Gasteiger partial charge >= 0.3 is 5.97 Å². The number of carbonyl (C=O) groups is 1. The highest BCUT2D eigenvalue weighted by atomic mass is 16.5. The molecule has 2 aromatic heterocycles. The number of aromatic nitrogens is 2. The monoisotopic (exact) mass is 228 g/mol. The quantitative estimate of drug-likeness (QED) is 0.740. The molecule has 0 saturated carbocycles. The zero-order valence-corrected chi connectivity index (χ0v) is 9.68. The first-order valence-electron chi connectivity index (χ1n) is 5.18. The molecule has 4 nitrogen and oxygen atoms in total. The molecule has 0 aromatic carbocycles. The third-order valence-electron chi connectivity index (χ3n) is 2.36. The number of aryl methyl sites for hydroxylation is 1. The lowest BCUT2D eigenvalue weighted by Gasteiger charge is -2.02. The van der Waals surface area contributed by atoms with Crippen LogP contribution >= 0.6 is 0 Å². The number of hydrogen-bond acceptors (Lipinski definition) is 4. The molecule has 0 bridgehead atoms. The summed E-state index contributed by atoms with van der Waals surface area (Å²) in [6, 6.07) is 7.30. The fourth-order valence-electron chi connectivity index (χ4n) is 1.46. The summed E-state index contributed by atoms with van der Waals surface area (Å²) in [6.07, 6.45) is 3.23. The van der Waals surface area contributed by atoms with Crippen molar-refractivity contribution >= 4 is 5.97 Å². The van der Waals surface area contributed by atoms with Gasteiger partial charge in [0, 0.05) is 12.4 Å². The van der Waals surface area contributed by atoms with E-state index in [1.807, 2.05) is 19.1 Å². The van der Waals surface area contributed by atoms with Crippen molar-refractivity contribution in [2.24, 2.45) is 0 Å². The van der Waals surface area contributed by atoms with Crippen molar-refractivity contribution < 1.29 is 9.53 Å². The third-order valence-corrected chi connectivity index (χ3v) is 2.36. The minimum absolute atomic E-state index is 0.388. The van der Waals surface area contributed by atoms with E-state index in [2.05, 4.69) is 14.7 Å². The van der Waals surface area contributed by atoms with Crippen LogP contribution in [0.1, 0.15) is 15.9 Å². The van der Waals surface area contributed by atoms with Gasteiger partial charge in [-0.15, -0.1) is 0 Å². The van der Waals surface area contributed by atoms with Gasteiger partial charge in [-0.25, -0.2) is 4.79 Å². The molecule has 2 aromatic rings. The first-order chi connectivity index (χ1) is 8.20. The highest BCUT2D eigenvalue weighted by Crippen LogP contribution is 2.15. The molecule has 2 heterocycles. The van der Waals surface area contributed by atoms with Crippen LogP contribution in [0.4, 0.5) is 0 Å². The van der Waals surface area contributed by atoms with Gasteiger partial charge in [0.25, 0.3) is 0 Å². The topological polar surface area (TPSA) is 52.1 Å². The van der Waals surface area contributed by atoms with Gasteiger partial charge in [0.2, 0.25) is 0 Å². The molecule has 86 valence electrons. The van der Waals surface area contributed by atoms with Gasteiger partial charge in [0.1, 0.15) is 0 Å². The van der Waals surface area contributed by atoms with Crippen LogP contribution in [0.2, 0.25) is 0 Å². The van der Waals surface area contributed by atoms with Gasteiger partial charge in [-0.2, -0.15) is 0 Å². The van der Waals surface area contributed by atoms with E-state index in [4.69, 9.17) is 0 Å². The van der Waals surface area contributed by atoms with Crippen LogP contribution < -0.4 is 0 Å². The second-order valence-electron chi connectivity index (χ2n) is 3.64. The second-order valence-corrected chi connectivity index (χ2v) is 3.64. The largest absolute Gasteiger partial charge is 0.465 e. The van der Waals surface area contributed by atoms with Crippen molar-refractivity contribution in [2.45, 2.75) is 6.92 Å². The van der Waals surface area contributed by atoms with Gasteiger partial charge in [-0.1, -0.05) is 0 Å². The highest BCUT2D eigenvalue weighted by Gasteiger charge is 2.06. The molecule has 0 saturated heterocycles. The number of pyridine rings is 2. The molecule has 0 fully saturated rings. The summed E-state index contributed by atoms with van der Waals surface area (Å²) in [5, 5.41) is 0. The lowest BCUT2D eigenvalue weighted by atomic mass is 10.2. The maximum absolute atomic E-state index is 11.2. The Labute approximate surface area is 99.3 Å². The lowest BCUT2D eigenvalue weighted by Crippen LogP contribution is -2.01. The van der Waals surface area contributed by atoms with E-state index in [0.717, 1.165) is 17.0 Å². The van der Waals surface area contributed by atoms with E-state index in [-0.39, 0.29) is 5.97 Å². The van der Waals surface area contributed by atoms with Crippen molar-refractivity contribution in [1.82, 2.24) is 9.97 Å². The Morgan fingerprint density at radius 1 is 1.18 bits per heavy atom. The fourth-order valence-corrected chi connectivity index (χ4v) is 1.46. The van der Waals surface area contributed by atoms with E-state index in [1.165, 1.54) is 13.3 Å². The first-order valence-corrected chi connectivity index (χ1v) is 5.18. The number of methoxy groups -OCH3 is 1. The predicted molar refractivity (Wildman–Crippen MR) is 63.5 cm³/mol. The summed E-state index contributed by atoms with van der Waals surface area (Å²) in [5.41, 5.74) is 3.08. The van der Waals surface area contributed by atoms with E-state index in [0.29, 0.717) is 5.56 Å². The minimum Gasteiger partial charge on any atom is -0.465 e. The average Bonchev–Trinajstić information content (AvgIpc) is 2.38. The summed E-state index contributed by atoms with van der Waals surface area (Å²) in [6.45, 7) is 1.99. The summed E-state index contributed by atoms with van der Waals surface area (Å²) in [4.78, 5) is 19.7. The van der Waals surface area contributed by atoms with E-state index >= 15 is 0 Å².